The molecule has 0 aromatic rings. The van der Waals surface area contributed by atoms with Crippen molar-refractivity contribution in [2.45, 2.75) is 37.1 Å². The predicted molar refractivity (Wildman–Crippen MR) is 64.7 cm³/mol. The summed E-state index contributed by atoms with van der Waals surface area (Å²) in [5.41, 5.74) is 0. The van der Waals surface area contributed by atoms with Gasteiger partial charge in [0.25, 0.3) is 0 Å². The van der Waals surface area contributed by atoms with Gasteiger partial charge in [-0.3, -0.25) is 4.90 Å². The molecule has 2 saturated carbocycles. The Kier molecular flexibility index (Phi) is 2.25. The van der Waals surface area contributed by atoms with E-state index < -0.39 is 15.9 Å². The summed E-state index contributed by atoms with van der Waals surface area (Å²) in [7, 11) is -3.11. The summed E-state index contributed by atoms with van der Waals surface area (Å²) in [6.45, 7) is 0.861. The highest BCUT2D eigenvalue weighted by atomic mass is 32.2. The van der Waals surface area contributed by atoms with Crippen LogP contribution in [-0.4, -0.2) is 65.9 Å². The van der Waals surface area contributed by atoms with Crippen LogP contribution in [-0.2, 0) is 9.84 Å². The third kappa shape index (κ3) is 1.40. The summed E-state index contributed by atoms with van der Waals surface area (Å²) >= 11 is 0. The van der Waals surface area contributed by atoms with Gasteiger partial charge in [0, 0.05) is 12.6 Å². The van der Waals surface area contributed by atoms with Crippen molar-refractivity contribution in [2.75, 3.05) is 18.1 Å². The van der Waals surface area contributed by atoms with Crippen LogP contribution in [0.2, 0.25) is 0 Å². The first-order valence-electron chi connectivity index (χ1n) is 6.78. The normalized spacial score (nSPS) is 57.6. The standard InChI is InChI=1S/C12H19NO4S/c14-10-5-18(16,17)4-9(10)13-3-7-1-6-2-8(7)11(13)12(6)15/h6-12,14-15H,1-5H2. The number of likely N-dealkylation sites (tertiary alicyclic amines) is 1. The van der Waals surface area contributed by atoms with Gasteiger partial charge in [-0.05, 0) is 30.6 Å². The highest BCUT2D eigenvalue weighted by molar-refractivity contribution is 7.91. The maximum absolute atomic E-state index is 11.6. The van der Waals surface area contributed by atoms with E-state index in [0.717, 1.165) is 19.4 Å². The van der Waals surface area contributed by atoms with Crippen molar-refractivity contribution in [3.8, 4) is 0 Å². The van der Waals surface area contributed by atoms with Crippen LogP contribution in [0.4, 0.5) is 0 Å². The van der Waals surface area contributed by atoms with E-state index in [1.165, 1.54) is 0 Å². The molecule has 2 heterocycles. The lowest BCUT2D eigenvalue weighted by Gasteiger charge is -2.33. The predicted octanol–water partition coefficient (Wildman–Crippen LogP) is -1.15. The summed E-state index contributed by atoms with van der Waals surface area (Å²) in [6.07, 6.45) is 1.07. The molecule has 0 radical (unpaired) electrons. The molecular weight excluding hydrogens is 254 g/mol. The largest absolute Gasteiger partial charge is 0.391 e. The molecule has 6 heteroatoms. The van der Waals surface area contributed by atoms with Crippen LogP contribution in [0.5, 0.6) is 0 Å². The number of hydrogen-bond acceptors (Lipinski definition) is 5. The van der Waals surface area contributed by atoms with Crippen LogP contribution >= 0.6 is 0 Å². The number of nitrogens with zero attached hydrogens (tertiary/aromatic N) is 1. The molecule has 0 aromatic carbocycles. The Balaban J connectivity index is 1.64. The van der Waals surface area contributed by atoms with Crippen LogP contribution in [0.1, 0.15) is 12.8 Å². The zero-order valence-electron chi connectivity index (χ0n) is 10.1. The van der Waals surface area contributed by atoms with Gasteiger partial charge in [-0.15, -0.1) is 0 Å². The zero-order chi connectivity index (χ0) is 12.7. The minimum Gasteiger partial charge on any atom is -0.391 e. The van der Waals surface area contributed by atoms with Gasteiger partial charge < -0.3 is 10.2 Å². The number of aliphatic hydroxyl groups is 2. The summed E-state index contributed by atoms with van der Waals surface area (Å²) in [5.74, 6) is 1.49. The van der Waals surface area contributed by atoms with E-state index in [1.54, 1.807) is 0 Å². The lowest BCUT2D eigenvalue weighted by Crippen LogP contribution is -2.50. The number of aliphatic hydroxyl groups excluding tert-OH is 2. The van der Waals surface area contributed by atoms with E-state index >= 15 is 0 Å². The topological polar surface area (TPSA) is 77.8 Å². The smallest absolute Gasteiger partial charge is 0.154 e. The molecule has 5 nitrogen and oxygen atoms in total. The van der Waals surface area contributed by atoms with Crippen molar-refractivity contribution in [2.24, 2.45) is 17.8 Å². The Labute approximate surface area is 107 Å². The summed E-state index contributed by atoms with van der Waals surface area (Å²) in [6, 6.07) is -0.194. The van der Waals surface area contributed by atoms with Gasteiger partial charge in [-0.25, -0.2) is 8.42 Å². The monoisotopic (exact) mass is 273 g/mol. The average molecular weight is 273 g/mol. The van der Waals surface area contributed by atoms with Crippen molar-refractivity contribution in [1.82, 2.24) is 4.90 Å². The molecule has 18 heavy (non-hydrogen) atoms. The molecular formula is C12H19NO4S. The first-order chi connectivity index (χ1) is 8.46. The van der Waals surface area contributed by atoms with Crippen LogP contribution < -0.4 is 0 Å². The van der Waals surface area contributed by atoms with Crippen molar-refractivity contribution < 1.29 is 18.6 Å². The van der Waals surface area contributed by atoms with Gasteiger partial charge in [-0.2, -0.15) is 0 Å². The fourth-order valence-electron chi connectivity index (χ4n) is 4.96. The van der Waals surface area contributed by atoms with E-state index in [9.17, 15) is 18.6 Å². The highest BCUT2D eigenvalue weighted by Crippen LogP contribution is 2.55. The van der Waals surface area contributed by atoms with Gasteiger partial charge in [0.1, 0.15) is 0 Å². The number of fused-ring (bicyclic) bond motifs is 1. The second-order valence-corrected chi connectivity index (χ2v) is 8.70. The molecule has 2 saturated heterocycles. The van der Waals surface area contributed by atoms with Crippen molar-refractivity contribution in [1.29, 1.82) is 0 Å². The molecule has 4 rings (SSSR count). The molecule has 2 bridgehead atoms. The van der Waals surface area contributed by atoms with Crippen LogP contribution in [0.15, 0.2) is 0 Å². The SMILES string of the molecule is O=S1(=O)CC(O)C(N2CC3CC4CC3C2C4O)C1. The van der Waals surface area contributed by atoms with E-state index in [4.69, 9.17) is 0 Å². The van der Waals surface area contributed by atoms with Crippen LogP contribution in [0, 0.1) is 17.8 Å². The first kappa shape index (κ1) is 11.6. The van der Waals surface area contributed by atoms with Crippen molar-refractivity contribution >= 4 is 9.84 Å². The molecule has 0 aromatic heterocycles. The minimum absolute atomic E-state index is 0.0570. The lowest BCUT2D eigenvalue weighted by atomic mass is 9.88. The van der Waals surface area contributed by atoms with Crippen molar-refractivity contribution in [3.05, 3.63) is 0 Å². The number of rotatable bonds is 1. The molecule has 2 aliphatic heterocycles. The Morgan fingerprint density at radius 2 is 1.83 bits per heavy atom. The zero-order valence-corrected chi connectivity index (χ0v) is 11.0. The van der Waals surface area contributed by atoms with Crippen molar-refractivity contribution in [3.63, 3.8) is 0 Å². The fourth-order valence-corrected chi connectivity index (χ4v) is 6.77. The Morgan fingerprint density at radius 3 is 2.44 bits per heavy atom. The van der Waals surface area contributed by atoms with Crippen LogP contribution in [0.25, 0.3) is 0 Å². The fraction of sp³-hybridized carbons (Fsp3) is 1.00. The highest BCUT2D eigenvalue weighted by Gasteiger charge is 2.61. The molecule has 0 amide bonds. The Bertz CT molecular complexity index is 476. The summed E-state index contributed by atoms with van der Waals surface area (Å²) < 4.78 is 23.2. The lowest BCUT2D eigenvalue weighted by molar-refractivity contribution is 0.0117. The molecule has 2 aliphatic carbocycles. The van der Waals surface area contributed by atoms with E-state index in [-0.39, 0.29) is 29.7 Å². The van der Waals surface area contributed by atoms with Gasteiger partial charge in [0.15, 0.2) is 9.84 Å². The number of sulfone groups is 1. The summed E-state index contributed by atoms with van der Waals surface area (Å²) in [4.78, 5) is 2.11. The van der Waals surface area contributed by atoms with E-state index in [0.29, 0.717) is 17.8 Å². The quantitative estimate of drug-likeness (QED) is 0.630. The molecule has 4 fully saturated rings. The second kappa shape index (κ2) is 3.48. The van der Waals surface area contributed by atoms with Gasteiger partial charge in [0.2, 0.25) is 0 Å². The second-order valence-electron chi connectivity index (χ2n) is 6.54. The summed E-state index contributed by atoms with van der Waals surface area (Å²) in [5, 5.41) is 20.3. The molecule has 7 unspecified atom stereocenters. The first-order valence-corrected chi connectivity index (χ1v) is 8.61. The molecule has 2 N–H and O–H groups in total. The third-order valence-electron chi connectivity index (χ3n) is 5.61. The maximum Gasteiger partial charge on any atom is 0.154 e. The van der Waals surface area contributed by atoms with E-state index in [1.807, 2.05) is 0 Å². The van der Waals surface area contributed by atoms with Gasteiger partial charge in [0.05, 0.1) is 29.8 Å². The Hall–Kier alpha value is -0.170. The molecule has 4 aliphatic rings. The third-order valence-corrected chi connectivity index (χ3v) is 7.30. The van der Waals surface area contributed by atoms with E-state index in [2.05, 4.69) is 4.90 Å². The van der Waals surface area contributed by atoms with Crippen LogP contribution in [0.3, 0.4) is 0 Å². The Morgan fingerprint density at radius 1 is 1.06 bits per heavy atom. The maximum atomic E-state index is 11.6. The van der Waals surface area contributed by atoms with Gasteiger partial charge in [-0.1, -0.05) is 0 Å². The number of hydrogen-bond donors (Lipinski definition) is 2. The van der Waals surface area contributed by atoms with Gasteiger partial charge >= 0.3 is 0 Å². The average Bonchev–Trinajstić information content (AvgIpc) is 2.89. The molecule has 0 spiro atoms. The molecule has 102 valence electrons. The minimum atomic E-state index is -3.11. The molecule has 7 atom stereocenters.